The summed E-state index contributed by atoms with van der Waals surface area (Å²) in [6, 6.07) is 21.8. The van der Waals surface area contributed by atoms with Gasteiger partial charge in [-0.2, -0.15) is 0 Å². The summed E-state index contributed by atoms with van der Waals surface area (Å²) in [7, 11) is 0. The molecule has 1 heterocycles. The van der Waals surface area contributed by atoms with E-state index in [0.717, 1.165) is 5.56 Å². The van der Waals surface area contributed by atoms with Crippen molar-refractivity contribution >= 4 is 17.0 Å². The number of H-pyrrole nitrogens is 1. The number of rotatable bonds is 4. The highest BCUT2D eigenvalue weighted by atomic mass is 16.5. The van der Waals surface area contributed by atoms with Crippen molar-refractivity contribution in [1.82, 2.24) is 15.3 Å². The van der Waals surface area contributed by atoms with Gasteiger partial charge in [-0.05, 0) is 47.4 Å². The Morgan fingerprint density at radius 3 is 2.50 bits per heavy atom. The number of nitrogens with one attached hydrogen (secondary N) is 2. The van der Waals surface area contributed by atoms with Gasteiger partial charge in [-0.3, -0.25) is 4.79 Å². The topological polar surface area (TPSA) is 84.1 Å². The highest BCUT2D eigenvalue weighted by molar-refractivity contribution is 5.80. The van der Waals surface area contributed by atoms with Gasteiger partial charge in [0.05, 0.1) is 10.9 Å². The third-order valence-corrected chi connectivity index (χ3v) is 5.92. The van der Waals surface area contributed by atoms with Crippen molar-refractivity contribution in [3.8, 4) is 23.0 Å². The van der Waals surface area contributed by atoms with Gasteiger partial charge in [-0.1, -0.05) is 60.4 Å². The number of amides is 1. The lowest BCUT2D eigenvalue weighted by Crippen LogP contribution is -2.26. The van der Waals surface area contributed by atoms with Crippen molar-refractivity contribution in [2.24, 2.45) is 0 Å². The van der Waals surface area contributed by atoms with Crippen LogP contribution in [0.25, 0.3) is 22.0 Å². The molecule has 6 nitrogen and oxygen atoms in total. The number of alkyl carbamates (subject to hydrolysis) is 1. The van der Waals surface area contributed by atoms with E-state index in [4.69, 9.17) is 4.74 Å². The van der Waals surface area contributed by atoms with Crippen molar-refractivity contribution in [2.45, 2.75) is 19.3 Å². The van der Waals surface area contributed by atoms with E-state index in [1.165, 1.54) is 22.3 Å². The highest BCUT2D eigenvalue weighted by Gasteiger charge is 2.28. The molecule has 0 atom stereocenters. The summed E-state index contributed by atoms with van der Waals surface area (Å²) >= 11 is 0. The Kier molecular flexibility index (Phi) is 5.84. The first-order chi connectivity index (χ1) is 16.6. The van der Waals surface area contributed by atoms with E-state index in [0.29, 0.717) is 29.7 Å². The Hall–Kier alpha value is -4.37. The van der Waals surface area contributed by atoms with E-state index in [-0.39, 0.29) is 18.1 Å². The number of carbonyl (C=O) groups excluding carboxylic acids is 1. The molecule has 168 valence electrons. The average molecular weight is 450 g/mol. The molecule has 0 fully saturated rings. The SMILES string of the molecule is Cc1nc2ccc(C#CCCNC(=O)OCC3c4ccccc4-c4ccccc43)cc2c(=O)[nH]1. The van der Waals surface area contributed by atoms with E-state index < -0.39 is 6.09 Å². The van der Waals surface area contributed by atoms with Gasteiger partial charge in [-0.25, -0.2) is 9.78 Å². The van der Waals surface area contributed by atoms with Crippen molar-refractivity contribution < 1.29 is 9.53 Å². The molecule has 6 heteroatoms. The van der Waals surface area contributed by atoms with Crippen LogP contribution >= 0.6 is 0 Å². The third-order valence-electron chi connectivity index (χ3n) is 5.92. The molecule has 0 spiro atoms. The molecule has 5 rings (SSSR count). The minimum Gasteiger partial charge on any atom is -0.449 e. The molecule has 4 aromatic rings. The lowest BCUT2D eigenvalue weighted by atomic mass is 9.98. The maximum absolute atomic E-state index is 12.2. The van der Waals surface area contributed by atoms with Gasteiger partial charge in [-0.15, -0.1) is 0 Å². The maximum atomic E-state index is 12.2. The summed E-state index contributed by atoms with van der Waals surface area (Å²) in [6.45, 7) is 2.40. The quantitative estimate of drug-likeness (QED) is 0.355. The molecular weight excluding hydrogens is 426 g/mol. The molecule has 1 aliphatic carbocycles. The number of carbonyl (C=O) groups is 1. The minimum atomic E-state index is -0.456. The zero-order valence-electron chi connectivity index (χ0n) is 18.7. The van der Waals surface area contributed by atoms with Crippen molar-refractivity contribution in [3.63, 3.8) is 0 Å². The second-order valence-electron chi connectivity index (χ2n) is 8.19. The lowest BCUT2D eigenvalue weighted by Gasteiger charge is -2.14. The predicted octanol–water partition coefficient (Wildman–Crippen LogP) is 4.51. The summed E-state index contributed by atoms with van der Waals surface area (Å²) in [5, 5.41) is 3.27. The number of fused-ring (bicyclic) bond motifs is 4. The molecule has 0 saturated heterocycles. The van der Waals surface area contributed by atoms with Gasteiger partial charge >= 0.3 is 6.09 Å². The fraction of sp³-hybridized carbons (Fsp3) is 0.179. The van der Waals surface area contributed by atoms with E-state index >= 15 is 0 Å². The van der Waals surface area contributed by atoms with Gasteiger partial charge in [0.1, 0.15) is 12.4 Å². The Morgan fingerprint density at radius 1 is 1.06 bits per heavy atom. The van der Waals surface area contributed by atoms with Gasteiger partial charge in [0.25, 0.3) is 5.56 Å². The molecular formula is C28H23N3O3. The van der Waals surface area contributed by atoms with Crippen LogP contribution in [0.3, 0.4) is 0 Å². The van der Waals surface area contributed by atoms with Crippen molar-refractivity contribution in [2.75, 3.05) is 13.2 Å². The first kappa shape index (κ1) is 21.5. The van der Waals surface area contributed by atoms with Gasteiger partial charge < -0.3 is 15.0 Å². The number of hydrogen-bond acceptors (Lipinski definition) is 4. The first-order valence-corrected chi connectivity index (χ1v) is 11.2. The number of aromatic amines is 1. The molecule has 0 aliphatic heterocycles. The van der Waals surface area contributed by atoms with Crippen LogP contribution < -0.4 is 10.9 Å². The van der Waals surface area contributed by atoms with Crippen LogP contribution in [0.5, 0.6) is 0 Å². The fourth-order valence-electron chi connectivity index (χ4n) is 4.37. The number of aromatic nitrogens is 2. The summed E-state index contributed by atoms with van der Waals surface area (Å²) < 4.78 is 5.53. The standard InChI is InChI=1S/C28H23N3O3/c1-18-30-26-14-13-19(16-24(26)27(32)31-18)8-6-7-15-29-28(33)34-17-25-22-11-4-2-9-20(22)21-10-3-5-12-23(21)25/h2-5,9-14,16,25H,7,15,17H2,1H3,(H,29,33)(H,30,31,32). The number of nitrogens with zero attached hydrogens (tertiary/aromatic N) is 1. The summed E-state index contributed by atoms with van der Waals surface area (Å²) in [5.41, 5.74) is 5.95. The van der Waals surface area contributed by atoms with Crippen LogP contribution in [0, 0.1) is 18.8 Å². The summed E-state index contributed by atoms with van der Waals surface area (Å²) in [5.74, 6) is 6.67. The number of hydrogen-bond donors (Lipinski definition) is 2. The van der Waals surface area contributed by atoms with E-state index in [9.17, 15) is 9.59 Å². The third kappa shape index (κ3) is 4.28. The van der Waals surface area contributed by atoms with E-state index in [1.807, 2.05) is 30.3 Å². The van der Waals surface area contributed by atoms with Crippen LogP contribution in [0.1, 0.15) is 34.9 Å². The average Bonchev–Trinajstić information content (AvgIpc) is 3.16. The van der Waals surface area contributed by atoms with Gasteiger partial charge in [0.15, 0.2) is 0 Å². The molecule has 34 heavy (non-hydrogen) atoms. The molecule has 1 aliphatic rings. The Bertz CT molecular complexity index is 1470. The van der Waals surface area contributed by atoms with Gasteiger partial charge in [0.2, 0.25) is 0 Å². The second kappa shape index (κ2) is 9.24. The van der Waals surface area contributed by atoms with Crippen LogP contribution in [0.4, 0.5) is 4.79 Å². The number of ether oxygens (including phenoxy) is 1. The van der Waals surface area contributed by atoms with Crippen LogP contribution in [0.2, 0.25) is 0 Å². The fourth-order valence-corrected chi connectivity index (χ4v) is 4.37. The minimum absolute atomic E-state index is 0.0345. The molecule has 2 N–H and O–H groups in total. The maximum Gasteiger partial charge on any atom is 0.407 e. The molecule has 1 amide bonds. The number of aryl methyl sites for hydroxylation is 1. The Labute approximate surface area is 197 Å². The van der Waals surface area contributed by atoms with Crippen molar-refractivity contribution in [3.05, 3.63) is 99.6 Å². The summed E-state index contributed by atoms with van der Waals surface area (Å²) in [4.78, 5) is 31.3. The number of benzene rings is 3. The largest absolute Gasteiger partial charge is 0.449 e. The molecule has 3 aromatic carbocycles. The molecule has 0 saturated carbocycles. The predicted molar refractivity (Wildman–Crippen MR) is 132 cm³/mol. The van der Waals surface area contributed by atoms with Crippen LogP contribution in [-0.2, 0) is 4.74 Å². The Balaban J connectivity index is 1.15. The lowest BCUT2D eigenvalue weighted by molar-refractivity contribution is 0.143. The highest BCUT2D eigenvalue weighted by Crippen LogP contribution is 2.44. The zero-order chi connectivity index (χ0) is 23.5. The first-order valence-electron chi connectivity index (χ1n) is 11.2. The second-order valence-corrected chi connectivity index (χ2v) is 8.19. The normalized spacial score (nSPS) is 11.9. The summed E-state index contributed by atoms with van der Waals surface area (Å²) in [6.07, 6.45) is 0.00687. The molecule has 0 bridgehead atoms. The van der Waals surface area contributed by atoms with Crippen molar-refractivity contribution in [1.29, 1.82) is 0 Å². The monoisotopic (exact) mass is 449 g/mol. The van der Waals surface area contributed by atoms with E-state index in [2.05, 4.69) is 51.4 Å². The molecule has 1 aromatic heterocycles. The smallest absolute Gasteiger partial charge is 0.407 e. The van der Waals surface area contributed by atoms with Crippen LogP contribution in [-0.4, -0.2) is 29.2 Å². The van der Waals surface area contributed by atoms with Crippen LogP contribution in [0.15, 0.2) is 71.5 Å². The van der Waals surface area contributed by atoms with Gasteiger partial charge in [0, 0.05) is 24.4 Å². The molecule has 0 radical (unpaired) electrons. The molecule has 0 unspecified atom stereocenters. The Morgan fingerprint density at radius 2 is 1.76 bits per heavy atom. The zero-order valence-corrected chi connectivity index (χ0v) is 18.7. The van der Waals surface area contributed by atoms with E-state index in [1.54, 1.807) is 19.1 Å².